The summed E-state index contributed by atoms with van der Waals surface area (Å²) in [5, 5.41) is 0. The highest BCUT2D eigenvalue weighted by molar-refractivity contribution is 5.58. The van der Waals surface area contributed by atoms with E-state index < -0.39 is 16.3 Å². The zero-order valence-corrected chi connectivity index (χ0v) is 7.58. The number of anilines is 1. The van der Waals surface area contributed by atoms with Crippen LogP contribution in [-0.2, 0) is 0 Å². The third-order valence-corrected chi connectivity index (χ3v) is 1.70. The number of hydrogen-bond acceptors (Lipinski definition) is 5. The normalized spacial score (nSPS) is 10.1. The fourth-order valence-corrected chi connectivity index (χ4v) is 1.12. The molecule has 0 atom stereocenters. The van der Waals surface area contributed by atoms with Crippen molar-refractivity contribution in [2.45, 2.75) is 0 Å². The first-order valence-corrected chi connectivity index (χ1v) is 3.59. The highest BCUT2D eigenvalue weighted by Crippen LogP contribution is 2.15. The lowest BCUT2D eigenvalue weighted by Crippen LogP contribution is -2.31. The van der Waals surface area contributed by atoms with Crippen molar-refractivity contribution in [3.63, 3.8) is 0 Å². The van der Waals surface area contributed by atoms with Gasteiger partial charge in [-0.05, 0) is 0 Å². The zero-order valence-electron chi connectivity index (χ0n) is 7.58. The second-order valence-corrected chi connectivity index (χ2v) is 2.76. The minimum Gasteiger partial charge on any atom is -0.491 e. The number of rotatable bonds is 2. The van der Waals surface area contributed by atoms with E-state index in [0.29, 0.717) is 0 Å². The Balaban J connectivity index is 3.69. The molecule has 70 valence electrons. The van der Waals surface area contributed by atoms with Crippen molar-refractivity contribution in [1.29, 1.82) is 0 Å². The van der Waals surface area contributed by atoms with Crippen molar-refractivity contribution in [1.82, 2.24) is 0 Å². The van der Waals surface area contributed by atoms with Gasteiger partial charge in [-0.2, -0.15) is 0 Å². The summed E-state index contributed by atoms with van der Waals surface area (Å²) < 4.78 is 4.68. The highest BCUT2D eigenvalue weighted by atomic mass is 16.5. The smallest absolute Gasteiger partial charge is 0.279 e. The quantitative estimate of drug-likeness (QED) is 0.534. The van der Waals surface area contributed by atoms with Gasteiger partial charge in [-0.15, -0.1) is 0 Å². The molecule has 0 heterocycles. The monoisotopic (exact) mass is 183 g/mol. The van der Waals surface area contributed by atoms with Crippen molar-refractivity contribution in [2.75, 3.05) is 26.1 Å². The molecule has 13 heavy (non-hydrogen) atoms. The van der Waals surface area contributed by atoms with Gasteiger partial charge < -0.3 is 9.64 Å². The lowest BCUT2D eigenvalue weighted by atomic mass is 10.4. The summed E-state index contributed by atoms with van der Waals surface area (Å²) in [6.07, 6.45) is 0. The van der Waals surface area contributed by atoms with Crippen LogP contribution in [0.5, 0.6) is 5.75 Å². The molecule has 1 aromatic carbocycles. The van der Waals surface area contributed by atoms with Crippen molar-refractivity contribution in [2.24, 2.45) is 0 Å². The van der Waals surface area contributed by atoms with Crippen LogP contribution in [0, 0.1) is 0 Å². The molecule has 0 spiro atoms. The number of methoxy groups -OCH3 is 1. The zero-order chi connectivity index (χ0) is 10.2. The van der Waals surface area contributed by atoms with E-state index in [1.807, 2.05) is 0 Å². The van der Waals surface area contributed by atoms with Crippen LogP contribution in [0.3, 0.4) is 0 Å². The molecule has 0 aliphatic carbocycles. The largest absolute Gasteiger partial charge is 0.491 e. The second kappa shape index (κ2) is 3.01. The summed E-state index contributed by atoms with van der Waals surface area (Å²) in [4.78, 5) is 34.6. The Hall–Kier alpha value is -1.65. The molecule has 0 saturated heterocycles. The molecular weight excluding hydrogens is 174 g/mol. The van der Waals surface area contributed by atoms with Crippen LogP contribution >= 0.6 is 0 Å². The van der Waals surface area contributed by atoms with Crippen LogP contribution < -0.4 is 25.9 Å². The molecule has 1 rings (SSSR count). The van der Waals surface area contributed by atoms with Gasteiger partial charge in [-0.25, -0.2) is 0 Å². The lowest BCUT2D eigenvalue weighted by Gasteiger charge is -2.09. The molecule has 0 N–H and O–H groups in total. The molecule has 0 bridgehead atoms. The summed E-state index contributed by atoms with van der Waals surface area (Å²) in [5.41, 5.74) is -2.67. The Labute approximate surface area is 73.9 Å². The maximum absolute atomic E-state index is 11.2. The predicted octanol–water partition coefficient (Wildman–Crippen LogP) is -1.28. The number of ether oxygens (including phenoxy) is 1. The molecule has 5 nitrogen and oxygen atoms in total. The van der Waals surface area contributed by atoms with Crippen LogP contribution in [0.15, 0.2) is 14.4 Å². The van der Waals surface area contributed by atoms with Crippen LogP contribution in [0.4, 0.5) is 5.69 Å². The molecule has 0 radical (unpaired) electrons. The van der Waals surface area contributed by atoms with E-state index in [0.717, 1.165) is 0 Å². The molecule has 0 aromatic heterocycles. The molecule has 0 aliphatic rings. The van der Waals surface area contributed by atoms with Gasteiger partial charge >= 0.3 is 0 Å². The average Bonchev–Trinajstić information content (AvgIpc) is 2.29. The Morgan fingerprint density at radius 2 is 1.54 bits per heavy atom. The van der Waals surface area contributed by atoms with Crippen LogP contribution in [0.2, 0.25) is 0 Å². The summed E-state index contributed by atoms with van der Waals surface area (Å²) in [5.74, 6) is -0.167. The van der Waals surface area contributed by atoms with Gasteiger partial charge in [0.25, 0.3) is 16.3 Å². The highest BCUT2D eigenvalue weighted by Gasteiger charge is 2.21. The van der Waals surface area contributed by atoms with Gasteiger partial charge in [0, 0.05) is 14.1 Å². The second-order valence-electron chi connectivity index (χ2n) is 2.76. The van der Waals surface area contributed by atoms with E-state index in [1.54, 1.807) is 14.1 Å². The van der Waals surface area contributed by atoms with Crippen LogP contribution in [-0.4, -0.2) is 21.2 Å². The third-order valence-electron chi connectivity index (χ3n) is 1.70. The van der Waals surface area contributed by atoms with Crippen molar-refractivity contribution in [3.8, 4) is 5.75 Å². The Kier molecular flexibility index (Phi) is 2.18. The predicted molar refractivity (Wildman–Crippen MR) is 48.5 cm³/mol. The van der Waals surface area contributed by atoms with Gasteiger partial charge in [-0.3, -0.25) is 14.4 Å². The molecule has 0 unspecified atom stereocenters. The van der Waals surface area contributed by atoms with E-state index in [2.05, 4.69) is 4.74 Å². The average molecular weight is 183 g/mol. The lowest BCUT2D eigenvalue weighted by molar-refractivity contribution is 0.413. The van der Waals surface area contributed by atoms with Gasteiger partial charge in [0.05, 0.1) is 7.11 Å². The summed E-state index contributed by atoms with van der Waals surface area (Å²) in [7, 11) is 4.39. The van der Waals surface area contributed by atoms with Gasteiger partial charge in [0.2, 0.25) is 0 Å². The molecule has 5 heteroatoms. The van der Waals surface area contributed by atoms with Crippen molar-refractivity contribution in [3.05, 3.63) is 30.7 Å². The fraction of sp³-hybridized carbons (Fsp3) is 0.375. The van der Waals surface area contributed by atoms with Gasteiger partial charge in [0.1, 0.15) is 5.69 Å². The number of hydrogen-bond donors (Lipinski definition) is 0. The molecule has 0 saturated carbocycles. The van der Waals surface area contributed by atoms with Crippen molar-refractivity contribution < 1.29 is 4.74 Å². The Bertz CT molecular complexity index is 454. The van der Waals surface area contributed by atoms with E-state index in [4.69, 9.17) is 0 Å². The minimum absolute atomic E-state index is 0.0255. The van der Waals surface area contributed by atoms with Crippen LogP contribution in [0.1, 0.15) is 0 Å². The maximum atomic E-state index is 11.2. The van der Waals surface area contributed by atoms with Gasteiger partial charge in [-0.1, -0.05) is 0 Å². The fourth-order valence-electron chi connectivity index (χ4n) is 1.12. The topological polar surface area (TPSA) is 63.7 Å². The minimum atomic E-state index is -1.03. The molecule has 0 amide bonds. The van der Waals surface area contributed by atoms with Gasteiger partial charge in [0.15, 0.2) is 5.75 Å². The van der Waals surface area contributed by atoms with Crippen LogP contribution in [0.25, 0.3) is 0 Å². The Morgan fingerprint density at radius 3 is 1.85 bits per heavy atom. The SMILES string of the molecule is COc1c(N(C)C)c(=O)c(=O)c1=O. The molecule has 0 fully saturated rings. The van der Waals surface area contributed by atoms with E-state index in [-0.39, 0.29) is 11.4 Å². The first-order valence-electron chi connectivity index (χ1n) is 3.59. The third kappa shape index (κ3) is 1.22. The van der Waals surface area contributed by atoms with E-state index >= 15 is 0 Å². The summed E-state index contributed by atoms with van der Waals surface area (Å²) >= 11 is 0. The van der Waals surface area contributed by atoms with E-state index in [1.165, 1.54) is 12.0 Å². The standard InChI is InChI=1S/C8H9NO4/c1-9(2)4-5(10)6(11)7(12)8(4)13-3/h1-3H3. The number of nitrogens with zero attached hydrogens (tertiary/aromatic N) is 1. The first-order chi connectivity index (χ1) is 6.00. The van der Waals surface area contributed by atoms with E-state index in [9.17, 15) is 14.4 Å². The maximum Gasteiger partial charge on any atom is 0.279 e. The summed E-state index contributed by atoms with van der Waals surface area (Å²) in [6, 6.07) is 0. The van der Waals surface area contributed by atoms with Crippen molar-refractivity contribution >= 4 is 5.69 Å². The summed E-state index contributed by atoms with van der Waals surface area (Å²) in [6.45, 7) is 0. The molecular formula is C8H9NO4. The Morgan fingerprint density at radius 1 is 1.00 bits per heavy atom. The molecule has 0 aliphatic heterocycles. The molecule has 1 aromatic rings. The first kappa shape index (κ1) is 9.44.